The second-order valence-electron chi connectivity index (χ2n) is 6.95. The predicted octanol–water partition coefficient (Wildman–Crippen LogP) is 5.05. The normalized spacial score (nSPS) is 11.1. The average molecular weight is 466 g/mol. The predicted molar refractivity (Wildman–Crippen MR) is 128 cm³/mol. The van der Waals surface area contributed by atoms with Crippen LogP contribution in [0.3, 0.4) is 0 Å². The molecule has 0 bridgehead atoms. The monoisotopic (exact) mass is 465 g/mol. The summed E-state index contributed by atoms with van der Waals surface area (Å²) in [5.74, 6) is -0.690. The van der Waals surface area contributed by atoms with Gasteiger partial charge >= 0.3 is 0 Å². The molecule has 160 valence electrons. The molecule has 0 atom stereocenters. The number of carbonyl (C=O) groups is 1. The number of carbonyl (C=O) groups excluding carboxylic acids is 1. The van der Waals surface area contributed by atoms with Crippen LogP contribution in [0.25, 0.3) is 22.8 Å². The molecule has 32 heavy (non-hydrogen) atoms. The van der Waals surface area contributed by atoms with Crippen molar-refractivity contribution in [3.63, 3.8) is 0 Å². The number of fused-ring (bicyclic) bond motifs is 1. The lowest BCUT2D eigenvalue weighted by atomic mass is 10.2. The van der Waals surface area contributed by atoms with Crippen molar-refractivity contribution < 1.29 is 9.18 Å². The number of amides is 1. The molecule has 1 heterocycles. The number of hydrogen-bond donors (Lipinski definition) is 2. The minimum Gasteiger partial charge on any atom is -0.332 e. The molecular formula is C23H17ClFN5OS. The number of benzene rings is 3. The Balaban J connectivity index is 1.45. The van der Waals surface area contributed by atoms with Crippen LogP contribution in [-0.2, 0) is 4.79 Å². The summed E-state index contributed by atoms with van der Waals surface area (Å²) in [4.78, 5) is 13.6. The number of aryl methyl sites for hydroxylation is 1. The summed E-state index contributed by atoms with van der Waals surface area (Å²) in [6, 6.07) is 16.7. The number of hydrogen-bond acceptors (Lipinski definition) is 4. The van der Waals surface area contributed by atoms with Gasteiger partial charge in [0.15, 0.2) is 5.11 Å². The lowest BCUT2D eigenvalue weighted by Gasteiger charge is -2.10. The number of nitrogens with zero attached hydrogens (tertiary/aromatic N) is 3. The van der Waals surface area contributed by atoms with E-state index in [0.717, 1.165) is 11.1 Å². The Bertz CT molecular complexity index is 1330. The maximum Gasteiger partial charge on any atom is 0.250 e. The van der Waals surface area contributed by atoms with E-state index in [1.54, 1.807) is 48.5 Å². The van der Waals surface area contributed by atoms with Crippen LogP contribution >= 0.6 is 23.8 Å². The van der Waals surface area contributed by atoms with Crippen molar-refractivity contribution in [3.8, 4) is 5.69 Å². The van der Waals surface area contributed by atoms with Crippen LogP contribution < -0.4 is 10.6 Å². The van der Waals surface area contributed by atoms with Crippen molar-refractivity contribution in [2.75, 3.05) is 5.32 Å². The first-order valence-electron chi connectivity index (χ1n) is 9.57. The van der Waals surface area contributed by atoms with Gasteiger partial charge in [-0.2, -0.15) is 4.80 Å². The lowest BCUT2D eigenvalue weighted by Crippen LogP contribution is -2.33. The Morgan fingerprint density at radius 2 is 1.72 bits per heavy atom. The molecule has 0 unspecified atom stereocenters. The van der Waals surface area contributed by atoms with Crippen LogP contribution in [-0.4, -0.2) is 26.0 Å². The van der Waals surface area contributed by atoms with E-state index < -0.39 is 0 Å². The summed E-state index contributed by atoms with van der Waals surface area (Å²) >= 11 is 11.1. The molecule has 0 fully saturated rings. The van der Waals surface area contributed by atoms with Gasteiger partial charge in [-0.25, -0.2) is 4.39 Å². The Kier molecular flexibility index (Phi) is 6.25. The minimum absolute atomic E-state index is 0.157. The van der Waals surface area contributed by atoms with Crippen molar-refractivity contribution in [3.05, 3.63) is 88.7 Å². The number of halogens is 2. The molecule has 0 saturated carbocycles. The standard InChI is InChI=1S/C23H17ClFN5OS/c1-14-12-20-21(29-30(28-20)18-9-7-17(25)8-10-18)13-19(14)26-23(32)27-22(31)11-4-15-2-5-16(24)6-3-15/h2-13H,1H3,(H2,26,27,31,32)/b11-4+. The summed E-state index contributed by atoms with van der Waals surface area (Å²) in [6.45, 7) is 1.89. The van der Waals surface area contributed by atoms with Gasteiger partial charge in [-0.15, -0.1) is 10.2 Å². The Morgan fingerprint density at radius 3 is 2.41 bits per heavy atom. The van der Waals surface area contributed by atoms with E-state index in [-0.39, 0.29) is 16.8 Å². The Labute approximate surface area is 193 Å². The molecule has 0 spiro atoms. The van der Waals surface area contributed by atoms with Gasteiger partial charge in [0, 0.05) is 16.8 Å². The van der Waals surface area contributed by atoms with Crippen molar-refractivity contribution in [2.45, 2.75) is 6.92 Å². The molecule has 0 saturated heterocycles. The number of nitrogens with one attached hydrogen (secondary N) is 2. The smallest absolute Gasteiger partial charge is 0.250 e. The summed E-state index contributed by atoms with van der Waals surface area (Å²) < 4.78 is 13.2. The molecule has 6 nitrogen and oxygen atoms in total. The fraction of sp³-hybridized carbons (Fsp3) is 0.0435. The molecule has 1 amide bonds. The summed E-state index contributed by atoms with van der Waals surface area (Å²) in [6.07, 6.45) is 3.06. The Hall–Kier alpha value is -3.62. The molecule has 3 aromatic carbocycles. The highest BCUT2D eigenvalue weighted by atomic mass is 35.5. The molecule has 1 aromatic heterocycles. The van der Waals surface area contributed by atoms with Crippen molar-refractivity contribution in [1.82, 2.24) is 20.3 Å². The van der Waals surface area contributed by atoms with Crippen molar-refractivity contribution in [2.24, 2.45) is 0 Å². The van der Waals surface area contributed by atoms with Crippen LogP contribution in [0.5, 0.6) is 0 Å². The lowest BCUT2D eigenvalue weighted by molar-refractivity contribution is -0.115. The first-order chi connectivity index (χ1) is 15.4. The highest BCUT2D eigenvalue weighted by Gasteiger charge is 2.10. The van der Waals surface area contributed by atoms with E-state index in [2.05, 4.69) is 20.8 Å². The number of aromatic nitrogens is 3. The molecule has 9 heteroatoms. The molecule has 0 aliphatic rings. The number of thiocarbonyl (C=S) groups is 1. The van der Waals surface area contributed by atoms with Gasteiger partial charge in [-0.1, -0.05) is 23.7 Å². The van der Waals surface area contributed by atoms with Gasteiger partial charge < -0.3 is 5.32 Å². The molecule has 4 rings (SSSR count). The Morgan fingerprint density at radius 1 is 1.06 bits per heavy atom. The zero-order valence-corrected chi connectivity index (χ0v) is 18.4. The second kappa shape index (κ2) is 9.25. The number of anilines is 1. The summed E-state index contributed by atoms with van der Waals surface area (Å²) in [5.41, 5.74) is 4.35. The highest BCUT2D eigenvalue weighted by molar-refractivity contribution is 7.80. The first-order valence-corrected chi connectivity index (χ1v) is 10.4. The third-order valence-corrected chi connectivity index (χ3v) is 5.02. The summed E-state index contributed by atoms with van der Waals surface area (Å²) in [7, 11) is 0. The third-order valence-electron chi connectivity index (χ3n) is 4.57. The zero-order chi connectivity index (χ0) is 22.7. The van der Waals surface area contributed by atoms with E-state index in [4.69, 9.17) is 23.8 Å². The third kappa shape index (κ3) is 5.16. The van der Waals surface area contributed by atoms with Gasteiger partial charge in [-0.3, -0.25) is 10.1 Å². The van der Waals surface area contributed by atoms with Crippen LogP contribution in [0.2, 0.25) is 5.02 Å². The van der Waals surface area contributed by atoms with Crippen LogP contribution in [0.15, 0.2) is 66.7 Å². The molecular weight excluding hydrogens is 449 g/mol. The first kappa shape index (κ1) is 21.6. The largest absolute Gasteiger partial charge is 0.332 e. The van der Waals surface area contributed by atoms with Crippen LogP contribution in [0.1, 0.15) is 11.1 Å². The fourth-order valence-electron chi connectivity index (χ4n) is 2.95. The SMILES string of the molecule is Cc1cc2nn(-c3ccc(F)cc3)nc2cc1NC(=S)NC(=O)/C=C/c1ccc(Cl)cc1. The van der Waals surface area contributed by atoms with E-state index in [9.17, 15) is 9.18 Å². The van der Waals surface area contributed by atoms with E-state index >= 15 is 0 Å². The maximum absolute atomic E-state index is 13.2. The molecule has 0 aliphatic heterocycles. The van der Waals surface area contributed by atoms with Gasteiger partial charge in [-0.05, 0) is 84.9 Å². The van der Waals surface area contributed by atoms with Crippen LogP contribution in [0, 0.1) is 12.7 Å². The number of rotatable bonds is 4. The molecule has 0 radical (unpaired) electrons. The molecule has 4 aromatic rings. The maximum atomic E-state index is 13.2. The van der Waals surface area contributed by atoms with Gasteiger partial charge in [0.25, 0.3) is 0 Å². The molecule has 0 aliphatic carbocycles. The molecule has 2 N–H and O–H groups in total. The highest BCUT2D eigenvalue weighted by Crippen LogP contribution is 2.22. The van der Waals surface area contributed by atoms with Gasteiger partial charge in [0.05, 0.1) is 5.69 Å². The fourth-order valence-corrected chi connectivity index (χ4v) is 3.28. The quantitative estimate of drug-likeness (QED) is 0.326. The van der Waals surface area contributed by atoms with E-state index in [1.165, 1.54) is 23.0 Å². The van der Waals surface area contributed by atoms with E-state index in [1.807, 2.05) is 13.0 Å². The van der Waals surface area contributed by atoms with Crippen LogP contribution in [0.4, 0.5) is 10.1 Å². The topological polar surface area (TPSA) is 71.8 Å². The van der Waals surface area contributed by atoms with Crippen molar-refractivity contribution >= 4 is 57.6 Å². The summed E-state index contributed by atoms with van der Waals surface area (Å²) in [5, 5.41) is 15.3. The average Bonchev–Trinajstić information content (AvgIpc) is 3.16. The van der Waals surface area contributed by atoms with Crippen molar-refractivity contribution in [1.29, 1.82) is 0 Å². The van der Waals surface area contributed by atoms with Gasteiger partial charge in [0.2, 0.25) is 5.91 Å². The van der Waals surface area contributed by atoms with Gasteiger partial charge in [0.1, 0.15) is 16.9 Å². The van der Waals surface area contributed by atoms with E-state index in [0.29, 0.717) is 27.4 Å². The minimum atomic E-state index is -0.363. The zero-order valence-electron chi connectivity index (χ0n) is 16.8. The second-order valence-corrected chi connectivity index (χ2v) is 7.79.